The Morgan fingerprint density at radius 1 is 0.964 bits per heavy atom. The number of aromatic nitrogens is 3. The van der Waals surface area contributed by atoms with Crippen LogP contribution >= 0.6 is 11.3 Å². The van der Waals surface area contributed by atoms with Crippen molar-refractivity contribution in [2.75, 3.05) is 0 Å². The van der Waals surface area contributed by atoms with E-state index in [0.717, 1.165) is 5.52 Å². The molecular weight excluding hydrogens is 362 g/mol. The Balaban J connectivity index is 2.02. The second-order valence-electron chi connectivity index (χ2n) is 7.67. The maximum absolute atomic E-state index is 4.84. The molecule has 0 aliphatic carbocycles. The molecule has 0 N–H and O–H groups in total. The van der Waals surface area contributed by atoms with E-state index < -0.39 is 0 Å². The maximum Gasteiger partial charge on any atom is 0.287 e. The molecule has 0 radical (unpaired) electrons. The van der Waals surface area contributed by atoms with Gasteiger partial charge in [0.2, 0.25) is 5.52 Å². The lowest BCUT2D eigenvalue weighted by molar-refractivity contribution is -0.647. The Labute approximate surface area is 164 Å². The topological polar surface area (TPSA) is 21.2 Å². The molecule has 0 spiro atoms. The number of nitrogens with zero attached hydrogens (tertiary/aromatic N) is 3. The summed E-state index contributed by atoms with van der Waals surface area (Å²) in [5.41, 5.74) is 7.35. The zero-order valence-corrected chi connectivity index (χ0v) is 16.3. The van der Waals surface area contributed by atoms with Gasteiger partial charge in [0.1, 0.15) is 5.52 Å². The number of para-hydroxylation sites is 1. The molecule has 0 aliphatic rings. The van der Waals surface area contributed by atoms with E-state index in [2.05, 4.69) is 76.9 Å². The molecule has 0 fully saturated rings. The number of hydrogen-bond donors (Lipinski definition) is 0. The van der Waals surface area contributed by atoms with Crippen LogP contribution in [0, 0.1) is 6.92 Å². The first kappa shape index (κ1) is 14.8. The van der Waals surface area contributed by atoms with Crippen molar-refractivity contribution in [2.45, 2.75) is 6.92 Å². The molecule has 4 aromatic heterocycles. The van der Waals surface area contributed by atoms with Gasteiger partial charge in [0, 0.05) is 20.9 Å². The van der Waals surface area contributed by atoms with Crippen LogP contribution in [0.25, 0.3) is 59.2 Å². The van der Waals surface area contributed by atoms with Crippen LogP contribution in [0.4, 0.5) is 0 Å². The van der Waals surface area contributed by atoms with Gasteiger partial charge in [-0.1, -0.05) is 24.3 Å². The van der Waals surface area contributed by atoms with Gasteiger partial charge in [-0.25, -0.2) is 4.57 Å². The van der Waals surface area contributed by atoms with Crippen molar-refractivity contribution in [3.05, 3.63) is 65.8 Å². The SMILES string of the molecule is Cc1ccc2c3sccc3cc3c2c1c1c2c(nc[n+]1C)c1ccccc1n32. The second-order valence-corrected chi connectivity index (χ2v) is 8.58. The number of rotatable bonds is 0. The fraction of sp³-hybridized carbons (Fsp3) is 0.0833. The fourth-order valence-electron chi connectivity index (χ4n) is 5.00. The molecule has 0 amide bonds. The fourth-order valence-corrected chi connectivity index (χ4v) is 5.91. The molecule has 4 heteroatoms. The number of pyridine rings is 1. The average Bonchev–Trinajstić information content (AvgIpc) is 3.31. The summed E-state index contributed by atoms with van der Waals surface area (Å²) >= 11 is 1.83. The van der Waals surface area contributed by atoms with Gasteiger partial charge in [0.25, 0.3) is 6.33 Å². The molecule has 132 valence electrons. The number of aryl methyl sites for hydroxylation is 2. The van der Waals surface area contributed by atoms with Crippen molar-refractivity contribution >= 4 is 70.6 Å². The summed E-state index contributed by atoms with van der Waals surface area (Å²) in [4.78, 5) is 4.84. The largest absolute Gasteiger partial charge is 0.301 e. The summed E-state index contributed by atoms with van der Waals surface area (Å²) in [5, 5.41) is 8.76. The van der Waals surface area contributed by atoms with Crippen LogP contribution in [0.15, 0.2) is 60.2 Å². The van der Waals surface area contributed by atoms with Gasteiger partial charge in [-0.05, 0) is 52.5 Å². The monoisotopic (exact) mass is 378 g/mol. The summed E-state index contributed by atoms with van der Waals surface area (Å²) in [6, 6.07) is 17.8. The normalized spacial score (nSPS) is 12.6. The van der Waals surface area contributed by atoms with Crippen molar-refractivity contribution < 1.29 is 4.57 Å². The van der Waals surface area contributed by atoms with Gasteiger partial charge in [-0.3, -0.25) is 0 Å². The molecule has 0 saturated heterocycles. The van der Waals surface area contributed by atoms with Gasteiger partial charge in [0.05, 0.1) is 23.5 Å². The van der Waals surface area contributed by atoms with Crippen molar-refractivity contribution in [1.82, 2.24) is 9.38 Å². The van der Waals surface area contributed by atoms with E-state index in [0.29, 0.717) is 0 Å². The lowest BCUT2D eigenvalue weighted by Crippen LogP contribution is -2.30. The van der Waals surface area contributed by atoms with Gasteiger partial charge < -0.3 is 4.40 Å². The Kier molecular flexibility index (Phi) is 2.52. The molecule has 3 aromatic carbocycles. The number of thiophene rings is 1. The molecule has 0 atom stereocenters. The number of benzene rings is 3. The minimum absolute atomic E-state index is 1.08. The Morgan fingerprint density at radius 3 is 2.79 bits per heavy atom. The van der Waals surface area contributed by atoms with E-state index in [-0.39, 0.29) is 0 Å². The van der Waals surface area contributed by atoms with Gasteiger partial charge in [-0.2, -0.15) is 0 Å². The lowest BCUT2D eigenvalue weighted by Gasteiger charge is -2.14. The van der Waals surface area contributed by atoms with Crippen LogP contribution in [0.3, 0.4) is 0 Å². The third-order valence-electron chi connectivity index (χ3n) is 6.17. The third kappa shape index (κ3) is 1.54. The van der Waals surface area contributed by atoms with Crippen LogP contribution < -0.4 is 4.57 Å². The highest BCUT2D eigenvalue weighted by Gasteiger charge is 2.25. The van der Waals surface area contributed by atoms with Crippen molar-refractivity contribution in [3.63, 3.8) is 0 Å². The molecule has 0 saturated carbocycles. The highest BCUT2D eigenvalue weighted by atomic mass is 32.1. The van der Waals surface area contributed by atoms with Crippen LogP contribution in [0.1, 0.15) is 5.56 Å². The van der Waals surface area contributed by atoms with Gasteiger partial charge in [0.15, 0.2) is 5.52 Å². The van der Waals surface area contributed by atoms with Crippen molar-refractivity contribution in [2.24, 2.45) is 7.05 Å². The predicted octanol–water partition coefficient (Wildman–Crippen LogP) is 5.73. The number of hydrogen-bond acceptors (Lipinski definition) is 2. The maximum atomic E-state index is 4.84. The van der Waals surface area contributed by atoms with Gasteiger partial charge >= 0.3 is 0 Å². The molecular formula is C24H16N3S+. The molecule has 4 heterocycles. The molecule has 7 rings (SSSR count). The molecule has 0 aliphatic heterocycles. The summed E-state index contributed by atoms with van der Waals surface area (Å²) < 4.78 is 5.98. The van der Waals surface area contributed by atoms with Crippen molar-refractivity contribution in [1.29, 1.82) is 0 Å². The minimum atomic E-state index is 1.08. The highest BCUT2D eigenvalue weighted by Crippen LogP contribution is 2.42. The first-order valence-electron chi connectivity index (χ1n) is 9.46. The number of fused-ring (bicyclic) bond motifs is 7. The Hall–Kier alpha value is -3.24. The van der Waals surface area contributed by atoms with Gasteiger partial charge in [-0.15, -0.1) is 11.3 Å². The Morgan fingerprint density at radius 2 is 1.86 bits per heavy atom. The first-order valence-corrected chi connectivity index (χ1v) is 10.3. The molecule has 28 heavy (non-hydrogen) atoms. The Bertz CT molecular complexity index is 1730. The summed E-state index contributed by atoms with van der Waals surface area (Å²) in [6.07, 6.45) is 1.96. The third-order valence-corrected chi connectivity index (χ3v) is 7.13. The minimum Gasteiger partial charge on any atom is -0.301 e. The summed E-state index contributed by atoms with van der Waals surface area (Å²) in [6.45, 7) is 2.22. The molecule has 0 unspecified atom stereocenters. The summed E-state index contributed by atoms with van der Waals surface area (Å²) in [5.74, 6) is 0. The van der Waals surface area contributed by atoms with E-state index in [1.54, 1.807) is 0 Å². The zero-order chi connectivity index (χ0) is 18.6. The van der Waals surface area contributed by atoms with Crippen LogP contribution in [0.2, 0.25) is 0 Å². The predicted molar refractivity (Wildman–Crippen MR) is 118 cm³/mol. The lowest BCUT2D eigenvalue weighted by atomic mass is 9.97. The molecule has 7 aromatic rings. The quantitative estimate of drug-likeness (QED) is 0.187. The van der Waals surface area contributed by atoms with Crippen molar-refractivity contribution in [3.8, 4) is 0 Å². The summed E-state index contributed by atoms with van der Waals surface area (Å²) in [7, 11) is 2.11. The smallest absolute Gasteiger partial charge is 0.287 e. The standard InChI is InChI=1S/C24H16N3S/c1-13-7-8-16-20-18(11-14-9-10-28-24(14)16)27-17-6-4-3-5-15(17)21-23(27)22(19(13)20)26(2)12-25-21/h3-12H,1-2H3/q+1. The van der Waals surface area contributed by atoms with E-state index >= 15 is 0 Å². The molecule has 3 nitrogen and oxygen atoms in total. The van der Waals surface area contributed by atoms with Crippen LogP contribution in [-0.4, -0.2) is 9.38 Å². The highest BCUT2D eigenvalue weighted by molar-refractivity contribution is 7.18. The van der Waals surface area contributed by atoms with E-state index in [1.165, 1.54) is 59.3 Å². The zero-order valence-electron chi connectivity index (χ0n) is 15.5. The van der Waals surface area contributed by atoms with E-state index in [4.69, 9.17) is 4.98 Å². The second kappa shape index (κ2) is 4.78. The average molecular weight is 378 g/mol. The molecule has 0 bridgehead atoms. The van der Waals surface area contributed by atoms with E-state index in [9.17, 15) is 0 Å². The van der Waals surface area contributed by atoms with Crippen LogP contribution in [0.5, 0.6) is 0 Å². The van der Waals surface area contributed by atoms with E-state index in [1.807, 2.05) is 17.7 Å². The first-order chi connectivity index (χ1) is 13.7. The van der Waals surface area contributed by atoms with Crippen LogP contribution in [-0.2, 0) is 7.05 Å².